The van der Waals surface area contributed by atoms with E-state index in [-0.39, 0.29) is 0 Å². The molecular weight excluding hydrogens is 288 g/mol. The number of rotatable bonds is 6. The summed E-state index contributed by atoms with van der Waals surface area (Å²) in [5.74, 6) is 0.943. The summed E-state index contributed by atoms with van der Waals surface area (Å²) >= 11 is 0. The smallest absolute Gasteiger partial charge is 0.332 e. The first-order valence-corrected chi connectivity index (χ1v) is 6.20. The van der Waals surface area contributed by atoms with Crippen LogP contribution in [0.2, 0.25) is 0 Å². The van der Waals surface area contributed by atoms with Crippen LogP contribution in [0.5, 0.6) is 0 Å². The fourth-order valence-electron chi connectivity index (χ4n) is 2.12. The molecular formula is C11H20N2O8. The fourth-order valence-corrected chi connectivity index (χ4v) is 2.12. The van der Waals surface area contributed by atoms with E-state index in [1.165, 1.54) is 6.92 Å². The number of ether oxygens (including phenoxy) is 2. The van der Waals surface area contributed by atoms with Crippen molar-refractivity contribution in [1.29, 1.82) is 0 Å². The molecule has 0 aliphatic carbocycles. The van der Waals surface area contributed by atoms with Crippen molar-refractivity contribution >= 4 is 11.8 Å². The lowest BCUT2D eigenvalue weighted by Crippen LogP contribution is -2.73. The summed E-state index contributed by atoms with van der Waals surface area (Å²) in [5, 5.41) is 28.1. The van der Waals surface area contributed by atoms with Crippen molar-refractivity contribution in [3.05, 3.63) is 0 Å². The summed E-state index contributed by atoms with van der Waals surface area (Å²) in [7, 11) is 0. The number of Topliss-reactive ketones (excluding diaryl/α,β-unsaturated/α-hetero) is 1. The molecule has 0 bridgehead atoms. The van der Waals surface area contributed by atoms with Crippen LogP contribution in [0.25, 0.3) is 0 Å². The number of carboxylic acid groups (broad SMARTS) is 1. The first-order chi connectivity index (χ1) is 9.71. The molecule has 7 N–H and O–H groups in total. The van der Waals surface area contributed by atoms with Crippen LogP contribution in [0, 0.1) is 0 Å². The fraction of sp³-hybridized carbons (Fsp3) is 0.818. The van der Waals surface area contributed by atoms with Gasteiger partial charge in [0.25, 0.3) is 5.79 Å². The Kier molecular flexibility index (Phi) is 5.75. The number of aliphatic carboxylic acids is 1. The maximum absolute atomic E-state index is 11.8. The second-order valence-electron chi connectivity index (χ2n) is 4.78. The van der Waals surface area contributed by atoms with Crippen molar-refractivity contribution in [3.8, 4) is 0 Å². The van der Waals surface area contributed by atoms with Gasteiger partial charge in [0.15, 0.2) is 11.9 Å². The SMILES string of the molecule is CC(=O)C1(ON)O[C@H](CO)[C@@H](O)[C@H](OC(C)C(=O)O)[C@H]1N. The molecule has 1 heterocycles. The summed E-state index contributed by atoms with van der Waals surface area (Å²) in [6.45, 7) is 1.65. The molecule has 1 rings (SSSR count). The number of carbonyl (C=O) groups excluding carboxylic acids is 1. The van der Waals surface area contributed by atoms with E-state index in [1.54, 1.807) is 0 Å². The van der Waals surface area contributed by atoms with Crippen LogP contribution in [0.3, 0.4) is 0 Å². The van der Waals surface area contributed by atoms with Gasteiger partial charge in [-0.15, -0.1) is 0 Å². The van der Waals surface area contributed by atoms with Crippen molar-refractivity contribution in [2.75, 3.05) is 6.61 Å². The maximum atomic E-state index is 11.8. The van der Waals surface area contributed by atoms with Gasteiger partial charge in [-0.05, 0) is 6.92 Å². The summed E-state index contributed by atoms with van der Waals surface area (Å²) < 4.78 is 10.3. The highest BCUT2D eigenvalue weighted by atomic mass is 16.8. The third-order valence-electron chi connectivity index (χ3n) is 3.39. The molecule has 0 aromatic carbocycles. The number of ketones is 1. The topological polar surface area (TPSA) is 175 Å². The third kappa shape index (κ3) is 3.21. The number of hydrogen-bond donors (Lipinski definition) is 5. The highest BCUT2D eigenvalue weighted by Gasteiger charge is 2.58. The van der Waals surface area contributed by atoms with Gasteiger partial charge in [-0.1, -0.05) is 0 Å². The van der Waals surface area contributed by atoms with E-state index in [9.17, 15) is 19.8 Å². The molecule has 6 atom stereocenters. The molecule has 0 spiro atoms. The molecule has 10 heteroatoms. The Balaban J connectivity index is 3.13. The Bertz CT molecular complexity index is 406. The Morgan fingerprint density at radius 2 is 2.05 bits per heavy atom. The summed E-state index contributed by atoms with van der Waals surface area (Å²) in [4.78, 5) is 27.2. The standard InChI is InChI=1S/C11H20N2O8/c1-4(10(17)18)19-8-7(16)6(3-14)20-11(21-13,5(2)15)9(8)12/h4,6-9,14,16H,3,12-13H2,1-2H3,(H,17,18)/t4?,6-,7-,8+,9-,11?/m1/s1. The average molecular weight is 308 g/mol. The minimum Gasteiger partial charge on any atom is -0.479 e. The van der Waals surface area contributed by atoms with Gasteiger partial charge in [-0.3, -0.25) is 9.63 Å². The average Bonchev–Trinajstić information content (AvgIpc) is 2.43. The number of nitrogens with two attached hydrogens (primary N) is 2. The zero-order chi connectivity index (χ0) is 16.4. The zero-order valence-electron chi connectivity index (χ0n) is 11.6. The van der Waals surface area contributed by atoms with Crippen LogP contribution >= 0.6 is 0 Å². The highest BCUT2D eigenvalue weighted by Crippen LogP contribution is 2.32. The Labute approximate surface area is 120 Å². The van der Waals surface area contributed by atoms with Gasteiger partial charge in [0, 0.05) is 6.92 Å². The summed E-state index contributed by atoms with van der Waals surface area (Å²) in [5.41, 5.74) is 5.82. The van der Waals surface area contributed by atoms with Gasteiger partial charge in [-0.2, -0.15) is 0 Å². The molecule has 21 heavy (non-hydrogen) atoms. The van der Waals surface area contributed by atoms with Gasteiger partial charge in [-0.25, -0.2) is 10.7 Å². The molecule has 0 aromatic heterocycles. The molecule has 122 valence electrons. The first-order valence-electron chi connectivity index (χ1n) is 6.20. The van der Waals surface area contributed by atoms with Crippen LogP contribution in [0.15, 0.2) is 0 Å². The van der Waals surface area contributed by atoms with Crippen LogP contribution in [0.1, 0.15) is 13.8 Å². The van der Waals surface area contributed by atoms with Gasteiger partial charge < -0.3 is 30.5 Å². The van der Waals surface area contributed by atoms with E-state index in [4.69, 9.17) is 26.2 Å². The molecule has 0 radical (unpaired) electrons. The molecule has 0 amide bonds. The van der Waals surface area contributed by atoms with Gasteiger partial charge in [0.1, 0.15) is 18.3 Å². The van der Waals surface area contributed by atoms with Crippen molar-refractivity contribution in [2.45, 2.75) is 50.1 Å². The Morgan fingerprint density at radius 3 is 2.43 bits per heavy atom. The van der Waals surface area contributed by atoms with E-state index >= 15 is 0 Å². The van der Waals surface area contributed by atoms with Gasteiger partial charge in [0.05, 0.1) is 12.6 Å². The van der Waals surface area contributed by atoms with Crippen LogP contribution in [-0.2, 0) is 23.9 Å². The Hall–Kier alpha value is -1.14. The predicted molar refractivity (Wildman–Crippen MR) is 66.6 cm³/mol. The summed E-state index contributed by atoms with van der Waals surface area (Å²) in [6, 6.07) is -1.39. The quantitative estimate of drug-likeness (QED) is 0.320. The highest BCUT2D eigenvalue weighted by molar-refractivity contribution is 5.84. The second-order valence-corrected chi connectivity index (χ2v) is 4.78. The number of aliphatic hydroxyl groups is 2. The molecule has 0 aromatic rings. The van der Waals surface area contributed by atoms with Gasteiger partial charge >= 0.3 is 5.97 Å². The van der Waals surface area contributed by atoms with Crippen LogP contribution in [-0.4, -0.2) is 69.9 Å². The van der Waals surface area contributed by atoms with Crippen molar-refractivity contribution in [3.63, 3.8) is 0 Å². The molecule has 10 nitrogen and oxygen atoms in total. The predicted octanol–water partition coefficient (Wildman–Crippen LogP) is -2.90. The lowest BCUT2D eigenvalue weighted by atomic mass is 9.88. The van der Waals surface area contributed by atoms with E-state index in [0.29, 0.717) is 0 Å². The molecule has 0 saturated carbocycles. The molecule has 1 saturated heterocycles. The number of carbonyl (C=O) groups is 2. The molecule has 1 fully saturated rings. The third-order valence-corrected chi connectivity index (χ3v) is 3.39. The monoisotopic (exact) mass is 308 g/mol. The summed E-state index contributed by atoms with van der Waals surface area (Å²) in [6.07, 6.45) is -5.39. The van der Waals surface area contributed by atoms with Crippen molar-refractivity contribution < 1.29 is 39.2 Å². The van der Waals surface area contributed by atoms with Crippen LogP contribution in [0.4, 0.5) is 0 Å². The van der Waals surface area contributed by atoms with Gasteiger partial charge in [0.2, 0.25) is 0 Å². The van der Waals surface area contributed by atoms with E-state index in [0.717, 1.165) is 6.92 Å². The number of hydrogen-bond acceptors (Lipinski definition) is 9. The van der Waals surface area contributed by atoms with Crippen LogP contribution < -0.4 is 11.6 Å². The Morgan fingerprint density at radius 1 is 1.48 bits per heavy atom. The number of carboxylic acids is 1. The van der Waals surface area contributed by atoms with Crippen molar-refractivity contribution in [1.82, 2.24) is 0 Å². The second kappa shape index (κ2) is 6.75. The zero-order valence-corrected chi connectivity index (χ0v) is 11.6. The molecule has 1 aliphatic heterocycles. The minimum atomic E-state index is -2.14. The van der Waals surface area contributed by atoms with Crippen molar-refractivity contribution in [2.24, 2.45) is 11.6 Å². The largest absolute Gasteiger partial charge is 0.479 e. The maximum Gasteiger partial charge on any atom is 0.332 e. The minimum absolute atomic E-state index is 0.673. The van der Waals surface area contributed by atoms with E-state index in [2.05, 4.69) is 4.84 Å². The first kappa shape index (κ1) is 17.9. The van der Waals surface area contributed by atoms with E-state index in [1.807, 2.05) is 0 Å². The lowest BCUT2D eigenvalue weighted by Gasteiger charge is -2.47. The van der Waals surface area contributed by atoms with E-state index < -0.39 is 54.6 Å². The molecule has 1 aliphatic rings. The normalized spacial score (nSPS) is 38.0. The number of aliphatic hydroxyl groups excluding tert-OH is 2. The molecule has 2 unspecified atom stereocenters. The lowest BCUT2D eigenvalue weighted by molar-refractivity contribution is -0.321.